The Kier molecular flexibility index (Phi) is 9.18. The summed E-state index contributed by atoms with van der Waals surface area (Å²) < 4.78 is 90.9. The second-order valence-corrected chi connectivity index (χ2v) is 8.16. The van der Waals surface area contributed by atoms with Crippen molar-refractivity contribution in [3.05, 3.63) is 111 Å². The van der Waals surface area contributed by atoms with Gasteiger partial charge in [-0.3, -0.25) is 0 Å². The normalized spacial score (nSPS) is 11.2. The topological polar surface area (TPSA) is 33.0 Å². The molecular formula is C28H23F6NO. The first kappa shape index (κ1) is 26.9. The van der Waals surface area contributed by atoms with Crippen molar-refractivity contribution in [2.45, 2.75) is 39.0 Å². The molecule has 0 amide bonds. The van der Waals surface area contributed by atoms with Gasteiger partial charge in [-0.2, -0.15) is 5.26 Å². The molecule has 36 heavy (non-hydrogen) atoms. The number of nitrogens with zero attached hydrogens (tertiary/aromatic N) is 1. The Morgan fingerprint density at radius 2 is 1.14 bits per heavy atom. The number of halogens is 6. The molecule has 0 atom stereocenters. The molecule has 0 N–H and O–H groups in total. The molecule has 0 spiro atoms. The predicted molar refractivity (Wildman–Crippen MR) is 124 cm³/mol. The summed E-state index contributed by atoms with van der Waals surface area (Å²) in [6.07, 6.45) is 3.90. The van der Waals surface area contributed by atoms with Crippen LogP contribution in [0.5, 0.6) is 5.75 Å². The fourth-order valence-corrected chi connectivity index (χ4v) is 3.77. The van der Waals surface area contributed by atoms with Crippen molar-refractivity contribution in [1.29, 1.82) is 5.26 Å². The van der Waals surface area contributed by atoms with Crippen LogP contribution >= 0.6 is 0 Å². The SMILES string of the molecule is C/C=C/CCOc1cc(F)c(CCc2cc(F)c(CCc3cc(F)c(C#N)c(F)c3)c(F)c2)c(F)c1. The highest BCUT2D eigenvalue weighted by Gasteiger charge is 2.16. The molecule has 188 valence electrons. The van der Waals surface area contributed by atoms with E-state index in [2.05, 4.69) is 0 Å². The van der Waals surface area contributed by atoms with Crippen molar-refractivity contribution in [2.75, 3.05) is 6.61 Å². The summed E-state index contributed by atoms with van der Waals surface area (Å²) in [6.45, 7) is 2.12. The molecule has 0 radical (unpaired) electrons. The first-order valence-electron chi connectivity index (χ1n) is 11.3. The second kappa shape index (κ2) is 12.3. The van der Waals surface area contributed by atoms with Crippen LogP contribution in [0.2, 0.25) is 0 Å². The lowest BCUT2D eigenvalue weighted by atomic mass is 9.98. The standard InChI is InChI=1S/C28H23F6NO/c1-2-3-4-9-36-19-14-27(33)21(28(34)15-19)8-6-17-10-23(29)20(24(30)11-17)7-5-18-12-25(31)22(16-35)26(32)13-18/h2-3,10-15H,4-9H2,1H3/b3-2+. The van der Waals surface area contributed by atoms with Gasteiger partial charge in [0.05, 0.1) is 6.61 Å². The van der Waals surface area contributed by atoms with Crippen molar-refractivity contribution < 1.29 is 31.1 Å². The van der Waals surface area contributed by atoms with Gasteiger partial charge in [-0.15, -0.1) is 0 Å². The van der Waals surface area contributed by atoms with E-state index in [1.165, 1.54) is 6.07 Å². The highest BCUT2D eigenvalue weighted by Crippen LogP contribution is 2.24. The summed E-state index contributed by atoms with van der Waals surface area (Å²) in [4.78, 5) is 0. The van der Waals surface area contributed by atoms with E-state index in [0.717, 1.165) is 36.4 Å². The maximum Gasteiger partial charge on any atom is 0.144 e. The van der Waals surface area contributed by atoms with E-state index >= 15 is 0 Å². The Hall–Kier alpha value is -3.73. The van der Waals surface area contributed by atoms with Crippen LogP contribution in [0.1, 0.15) is 41.2 Å². The minimum Gasteiger partial charge on any atom is -0.493 e. The lowest BCUT2D eigenvalue weighted by molar-refractivity contribution is 0.320. The minimum atomic E-state index is -1.04. The number of hydrogen-bond acceptors (Lipinski definition) is 2. The van der Waals surface area contributed by atoms with Crippen molar-refractivity contribution in [2.24, 2.45) is 0 Å². The molecule has 8 heteroatoms. The monoisotopic (exact) mass is 503 g/mol. The lowest BCUT2D eigenvalue weighted by Gasteiger charge is -2.11. The zero-order chi connectivity index (χ0) is 26.2. The number of nitriles is 1. The molecule has 0 aliphatic carbocycles. The molecule has 0 heterocycles. The number of aryl methyl sites for hydroxylation is 2. The van der Waals surface area contributed by atoms with Crippen LogP contribution in [-0.2, 0) is 25.7 Å². The Morgan fingerprint density at radius 3 is 1.58 bits per heavy atom. The zero-order valence-corrected chi connectivity index (χ0v) is 19.5. The van der Waals surface area contributed by atoms with Crippen LogP contribution in [0, 0.1) is 46.2 Å². The van der Waals surface area contributed by atoms with Crippen LogP contribution in [0.3, 0.4) is 0 Å². The second-order valence-electron chi connectivity index (χ2n) is 8.16. The van der Waals surface area contributed by atoms with Crippen molar-refractivity contribution in [1.82, 2.24) is 0 Å². The summed E-state index contributed by atoms with van der Waals surface area (Å²) >= 11 is 0. The van der Waals surface area contributed by atoms with E-state index < -0.39 is 40.5 Å². The molecule has 3 aromatic rings. The Bertz CT molecular complexity index is 1240. The molecule has 0 bridgehead atoms. The van der Waals surface area contributed by atoms with Gasteiger partial charge in [-0.25, -0.2) is 26.3 Å². The fraction of sp³-hybridized carbons (Fsp3) is 0.250. The van der Waals surface area contributed by atoms with Crippen molar-refractivity contribution in [3.8, 4) is 11.8 Å². The lowest BCUT2D eigenvalue weighted by Crippen LogP contribution is -2.05. The Morgan fingerprint density at radius 1 is 0.694 bits per heavy atom. The number of allylic oxidation sites excluding steroid dienone is 1. The third kappa shape index (κ3) is 6.69. The number of rotatable bonds is 10. The van der Waals surface area contributed by atoms with Crippen LogP contribution in [0.4, 0.5) is 26.3 Å². The molecular weight excluding hydrogens is 480 g/mol. The number of benzene rings is 3. The average molecular weight is 503 g/mol. The van der Waals surface area contributed by atoms with Gasteiger partial charge in [0.25, 0.3) is 0 Å². The summed E-state index contributed by atoms with van der Waals surface area (Å²) in [5.41, 5.74) is -0.868. The quantitative estimate of drug-likeness (QED) is 0.165. The third-order valence-corrected chi connectivity index (χ3v) is 5.65. The number of ether oxygens (including phenoxy) is 1. The number of hydrogen-bond donors (Lipinski definition) is 0. The molecule has 0 saturated heterocycles. The van der Waals surface area contributed by atoms with Gasteiger partial charge >= 0.3 is 0 Å². The van der Waals surface area contributed by atoms with Gasteiger partial charge < -0.3 is 4.74 Å². The average Bonchev–Trinajstić information content (AvgIpc) is 2.80. The van der Waals surface area contributed by atoms with E-state index in [0.29, 0.717) is 6.42 Å². The summed E-state index contributed by atoms with van der Waals surface area (Å²) in [5.74, 6) is -5.39. The molecule has 0 saturated carbocycles. The fourth-order valence-electron chi connectivity index (χ4n) is 3.77. The maximum absolute atomic E-state index is 14.6. The van der Waals surface area contributed by atoms with E-state index in [9.17, 15) is 26.3 Å². The van der Waals surface area contributed by atoms with Gasteiger partial charge in [-0.1, -0.05) is 12.2 Å². The minimum absolute atomic E-state index is 0.0184. The Labute approximate surface area is 205 Å². The molecule has 3 aromatic carbocycles. The van der Waals surface area contributed by atoms with Crippen LogP contribution in [0.15, 0.2) is 48.6 Å². The van der Waals surface area contributed by atoms with Gasteiger partial charge in [0, 0.05) is 23.3 Å². The maximum atomic E-state index is 14.6. The zero-order valence-electron chi connectivity index (χ0n) is 19.5. The molecule has 0 aliphatic rings. The van der Waals surface area contributed by atoms with Crippen molar-refractivity contribution >= 4 is 0 Å². The largest absolute Gasteiger partial charge is 0.493 e. The van der Waals surface area contributed by atoms with Crippen molar-refractivity contribution in [3.63, 3.8) is 0 Å². The highest BCUT2D eigenvalue weighted by atomic mass is 19.2. The van der Waals surface area contributed by atoms with Gasteiger partial charge in [0.1, 0.15) is 52.3 Å². The van der Waals surface area contributed by atoms with Crippen LogP contribution < -0.4 is 4.74 Å². The molecule has 0 unspecified atom stereocenters. The summed E-state index contributed by atoms with van der Waals surface area (Å²) in [5, 5.41) is 8.73. The van der Waals surface area contributed by atoms with E-state index in [1.54, 1.807) is 0 Å². The van der Waals surface area contributed by atoms with E-state index in [-0.39, 0.29) is 60.3 Å². The molecule has 0 aromatic heterocycles. The third-order valence-electron chi connectivity index (χ3n) is 5.65. The Balaban J connectivity index is 1.66. The molecule has 3 rings (SSSR count). The summed E-state index contributed by atoms with van der Waals surface area (Å²) in [6, 6.07) is 7.62. The van der Waals surface area contributed by atoms with Crippen LogP contribution in [-0.4, -0.2) is 6.61 Å². The van der Waals surface area contributed by atoms with E-state index in [1.807, 2.05) is 19.1 Å². The first-order chi connectivity index (χ1) is 17.2. The first-order valence-corrected chi connectivity index (χ1v) is 11.3. The van der Waals surface area contributed by atoms with E-state index in [4.69, 9.17) is 10.00 Å². The summed E-state index contributed by atoms with van der Waals surface area (Å²) in [7, 11) is 0. The highest BCUT2D eigenvalue weighted by molar-refractivity contribution is 5.36. The van der Waals surface area contributed by atoms with Gasteiger partial charge in [0.2, 0.25) is 0 Å². The van der Waals surface area contributed by atoms with Gasteiger partial charge in [0.15, 0.2) is 0 Å². The van der Waals surface area contributed by atoms with Crippen LogP contribution in [0.25, 0.3) is 0 Å². The molecule has 2 nitrogen and oxygen atoms in total. The van der Waals surface area contributed by atoms with Gasteiger partial charge in [-0.05, 0) is 74.4 Å². The smallest absolute Gasteiger partial charge is 0.144 e. The molecule has 0 fully saturated rings. The predicted octanol–water partition coefficient (Wildman–Crippen LogP) is 7.31. The molecule has 0 aliphatic heterocycles.